The normalized spacial score (nSPS) is 10.3. The molecule has 2 rings (SSSR count). The summed E-state index contributed by atoms with van der Waals surface area (Å²) < 4.78 is 1.69. The van der Waals surface area contributed by atoms with Crippen LogP contribution in [0, 0.1) is 0 Å². The van der Waals surface area contributed by atoms with Crippen molar-refractivity contribution in [2.45, 2.75) is 6.54 Å². The second-order valence-corrected chi connectivity index (χ2v) is 3.74. The summed E-state index contributed by atoms with van der Waals surface area (Å²) in [6.07, 6.45) is 1.54. The maximum Gasteiger partial charge on any atom is 0.251 e. The van der Waals surface area contributed by atoms with Crippen molar-refractivity contribution in [3.05, 3.63) is 35.9 Å². The Morgan fingerprint density at radius 3 is 2.78 bits per heavy atom. The van der Waals surface area contributed by atoms with E-state index < -0.39 is 0 Å². The lowest BCUT2D eigenvalue weighted by atomic mass is 10.2. The predicted octanol–water partition coefficient (Wildman–Crippen LogP) is 0.156. The number of nitrogens with one attached hydrogen (secondary N) is 1. The number of rotatable bonds is 3. The molecule has 0 atom stereocenters. The maximum atomic E-state index is 11.8. The van der Waals surface area contributed by atoms with Crippen molar-refractivity contribution in [2.24, 2.45) is 7.05 Å². The summed E-state index contributed by atoms with van der Waals surface area (Å²) >= 11 is 0. The Bertz CT molecular complexity index is 579. The number of aromatic hydroxyl groups is 2. The zero-order valence-corrected chi connectivity index (χ0v) is 9.66. The van der Waals surface area contributed by atoms with Crippen LogP contribution in [0.5, 0.6) is 11.5 Å². The summed E-state index contributed by atoms with van der Waals surface area (Å²) in [5.74, 6) is -0.346. The molecule has 0 aliphatic carbocycles. The van der Waals surface area contributed by atoms with Gasteiger partial charge in [-0.15, -0.1) is 10.2 Å². The molecule has 0 saturated heterocycles. The summed E-state index contributed by atoms with van der Waals surface area (Å²) in [5, 5.41) is 28.6. The second-order valence-electron chi connectivity index (χ2n) is 3.74. The largest absolute Gasteiger partial charge is 0.504 e. The van der Waals surface area contributed by atoms with Crippen molar-refractivity contribution in [2.75, 3.05) is 0 Å². The molecule has 0 aliphatic rings. The number of aryl methyl sites for hydroxylation is 1. The Balaban J connectivity index is 2.04. The summed E-state index contributed by atoms with van der Waals surface area (Å²) in [4.78, 5) is 11.8. The van der Waals surface area contributed by atoms with E-state index in [0.717, 1.165) is 0 Å². The summed E-state index contributed by atoms with van der Waals surface area (Å²) in [6.45, 7) is 0.233. The van der Waals surface area contributed by atoms with E-state index in [-0.39, 0.29) is 29.5 Å². The number of amides is 1. The first-order valence-corrected chi connectivity index (χ1v) is 5.21. The van der Waals surface area contributed by atoms with E-state index in [1.165, 1.54) is 24.5 Å². The maximum absolute atomic E-state index is 11.8. The molecule has 0 unspecified atom stereocenters. The van der Waals surface area contributed by atoms with Crippen molar-refractivity contribution >= 4 is 5.91 Å². The van der Waals surface area contributed by atoms with Crippen molar-refractivity contribution in [1.82, 2.24) is 20.1 Å². The lowest BCUT2D eigenvalue weighted by Gasteiger charge is -2.05. The topological polar surface area (TPSA) is 100 Å². The number of hydrogen-bond acceptors (Lipinski definition) is 5. The number of carbonyl (C=O) groups is 1. The van der Waals surface area contributed by atoms with Crippen LogP contribution >= 0.6 is 0 Å². The van der Waals surface area contributed by atoms with Crippen molar-refractivity contribution in [1.29, 1.82) is 0 Å². The molecule has 1 heterocycles. The van der Waals surface area contributed by atoms with Crippen molar-refractivity contribution in [3.8, 4) is 11.5 Å². The van der Waals surface area contributed by atoms with E-state index in [0.29, 0.717) is 5.82 Å². The van der Waals surface area contributed by atoms with E-state index in [4.69, 9.17) is 5.11 Å². The van der Waals surface area contributed by atoms with Gasteiger partial charge in [0, 0.05) is 12.6 Å². The number of carbonyl (C=O) groups excluding carboxylic acids is 1. The number of phenolic OH excluding ortho intramolecular Hbond substituents is 2. The van der Waals surface area contributed by atoms with E-state index in [9.17, 15) is 9.90 Å². The average Bonchev–Trinajstić information content (AvgIpc) is 2.75. The Morgan fingerprint density at radius 1 is 1.39 bits per heavy atom. The van der Waals surface area contributed by atoms with Crippen LogP contribution in [0.4, 0.5) is 0 Å². The van der Waals surface area contributed by atoms with Crippen LogP contribution in [0.3, 0.4) is 0 Å². The van der Waals surface area contributed by atoms with Gasteiger partial charge in [-0.3, -0.25) is 4.79 Å². The first-order valence-electron chi connectivity index (χ1n) is 5.21. The van der Waals surface area contributed by atoms with Crippen molar-refractivity contribution in [3.63, 3.8) is 0 Å². The molecule has 0 bridgehead atoms. The minimum atomic E-state index is -0.367. The van der Waals surface area contributed by atoms with Crippen LogP contribution in [0.1, 0.15) is 16.2 Å². The molecule has 1 aromatic heterocycles. The summed E-state index contributed by atoms with van der Waals surface area (Å²) in [6, 6.07) is 3.87. The zero-order chi connectivity index (χ0) is 13.1. The fourth-order valence-electron chi connectivity index (χ4n) is 1.39. The van der Waals surface area contributed by atoms with Gasteiger partial charge in [0.15, 0.2) is 17.3 Å². The molecule has 18 heavy (non-hydrogen) atoms. The highest BCUT2D eigenvalue weighted by atomic mass is 16.3. The fraction of sp³-hybridized carbons (Fsp3) is 0.182. The monoisotopic (exact) mass is 248 g/mol. The van der Waals surface area contributed by atoms with Gasteiger partial charge in [-0.2, -0.15) is 0 Å². The molecule has 1 amide bonds. The first-order chi connectivity index (χ1) is 8.58. The van der Waals surface area contributed by atoms with Gasteiger partial charge in [0.05, 0.1) is 6.54 Å². The number of hydrogen-bond donors (Lipinski definition) is 3. The van der Waals surface area contributed by atoms with E-state index >= 15 is 0 Å². The minimum absolute atomic E-state index is 0.233. The fourth-order valence-corrected chi connectivity index (χ4v) is 1.39. The van der Waals surface area contributed by atoms with Crippen LogP contribution < -0.4 is 5.32 Å². The smallest absolute Gasteiger partial charge is 0.251 e. The molecule has 7 heteroatoms. The van der Waals surface area contributed by atoms with Crippen LogP contribution in [-0.2, 0) is 13.6 Å². The number of phenols is 2. The van der Waals surface area contributed by atoms with Gasteiger partial charge >= 0.3 is 0 Å². The van der Waals surface area contributed by atoms with Crippen molar-refractivity contribution < 1.29 is 15.0 Å². The Morgan fingerprint density at radius 2 is 2.17 bits per heavy atom. The highest BCUT2D eigenvalue weighted by Gasteiger charge is 2.09. The predicted molar refractivity (Wildman–Crippen MR) is 61.9 cm³/mol. The van der Waals surface area contributed by atoms with Gasteiger partial charge < -0.3 is 20.1 Å². The quantitative estimate of drug-likeness (QED) is 0.672. The number of nitrogens with zero attached hydrogens (tertiary/aromatic N) is 3. The molecule has 7 nitrogen and oxygen atoms in total. The molecule has 0 fully saturated rings. The third-order valence-corrected chi connectivity index (χ3v) is 2.45. The first kappa shape index (κ1) is 11.9. The SMILES string of the molecule is Cn1cnnc1CNC(=O)c1ccc(O)c(O)c1. The van der Waals surface area contributed by atoms with Gasteiger partial charge in [-0.1, -0.05) is 0 Å². The van der Waals surface area contributed by atoms with Gasteiger partial charge in [-0.25, -0.2) is 0 Å². The molecule has 1 aromatic carbocycles. The second kappa shape index (κ2) is 4.74. The highest BCUT2D eigenvalue weighted by molar-refractivity contribution is 5.94. The highest BCUT2D eigenvalue weighted by Crippen LogP contribution is 2.24. The third-order valence-electron chi connectivity index (χ3n) is 2.45. The lowest BCUT2D eigenvalue weighted by molar-refractivity contribution is 0.0949. The summed E-state index contributed by atoms with van der Waals surface area (Å²) in [7, 11) is 1.77. The van der Waals surface area contributed by atoms with Gasteiger partial charge in [0.1, 0.15) is 6.33 Å². The minimum Gasteiger partial charge on any atom is -0.504 e. The Labute approximate surface area is 103 Å². The van der Waals surface area contributed by atoms with E-state index in [1.54, 1.807) is 11.6 Å². The van der Waals surface area contributed by atoms with Crippen LogP contribution in [0.2, 0.25) is 0 Å². The lowest BCUT2D eigenvalue weighted by Crippen LogP contribution is -2.24. The summed E-state index contributed by atoms with van der Waals surface area (Å²) in [5.41, 5.74) is 0.257. The molecule has 0 aliphatic heterocycles. The molecule has 2 aromatic rings. The number of benzene rings is 1. The molecular weight excluding hydrogens is 236 g/mol. The molecule has 3 N–H and O–H groups in total. The molecular formula is C11H12N4O3. The van der Waals surface area contributed by atoms with Crippen LogP contribution in [0.25, 0.3) is 0 Å². The average molecular weight is 248 g/mol. The van der Waals surface area contributed by atoms with Crippen LogP contribution in [-0.4, -0.2) is 30.9 Å². The Hall–Kier alpha value is -2.57. The van der Waals surface area contributed by atoms with Gasteiger partial charge in [0.25, 0.3) is 5.91 Å². The van der Waals surface area contributed by atoms with E-state index in [1.807, 2.05) is 0 Å². The van der Waals surface area contributed by atoms with Gasteiger partial charge in [0.2, 0.25) is 0 Å². The zero-order valence-electron chi connectivity index (χ0n) is 9.66. The number of aromatic nitrogens is 3. The molecule has 0 spiro atoms. The van der Waals surface area contributed by atoms with Crippen LogP contribution in [0.15, 0.2) is 24.5 Å². The molecule has 0 radical (unpaired) electrons. The third kappa shape index (κ3) is 2.40. The standard InChI is InChI=1S/C11H12N4O3/c1-15-6-13-14-10(15)5-12-11(18)7-2-3-8(16)9(17)4-7/h2-4,6,16-17H,5H2,1H3,(H,12,18). The van der Waals surface area contributed by atoms with E-state index in [2.05, 4.69) is 15.5 Å². The molecule has 0 saturated carbocycles. The molecule has 94 valence electrons. The Kier molecular flexibility index (Phi) is 3.13. The van der Waals surface area contributed by atoms with Gasteiger partial charge in [-0.05, 0) is 18.2 Å².